The molecule has 0 atom stereocenters. The molecule has 80 heavy (non-hydrogen) atoms. The summed E-state index contributed by atoms with van der Waals surface area (Å²) in [5.41, 5.74) is 23.4. The maximum atomic E-state index is 5.81. The third-order valence-corrected chi connectivity index (χ3v) is 15.3. The largest absolute Gasteiger partial charge is 0.354 e. The molecule has 0 unspecified atom stereocenters. The van der Waals surface area contributed by atoms with E-state index in [0.29, 0.717) is 0 Å². The van der Waals surface area contributed by atoms with E-state index >= 15 is 0 Å². The Kier molecular flexibility index (Phi) is 14.6. The number of rotatable bonds is 4. The van der Waals surface area contributed by atoms with E-state index in [0.717, 1.165) is 94.9 Å². The molecule has 8 bridgehead atoms. The van der Waals surface area contributed by atoms with Gasteiger partial charge in [-0.05, 0) is 184 Å². The van der Waals surface area contributed by atoms with E-state index < -0.39 is 0 Å². The van der Waals surface area contributed by atoms with E-state index in [-0.39, 0.29) is 32.5 Å². The zero-order chi connectivity index (χ0) is 57.9. The first-order valence-corrected chi connectivity index (χ1v) is 28.1. The molecule has 0 radical (unpaired) electrons. The summed E-state index contributed by atoms with van der Waals surface area (Å²) in [4.78, 5) is 19.6. The molecule has 3 aromatic heterocycles. The lowest BCUT2D eigenvalue weighted by atomic mass is 9.78. The minimum Gasteiger partial charge on any atom is -0.354 e. The molecule has 402 valence electrons. The van der Waals surface area contributed by atoms with Crippen molar-refractivity contribution in [3.63, 3.8) is 0 Å². The van der Waals surface area contributed by atoms with E-state index in [1.165, 1.54) is 33.4 Å². The Morgan fingerprint density at radius 2 is 0.575 bits per heavy atom. The van der Waals surface area contributed by atoms with Crippen LogP contribution in [0.2, 0.25) is 0 Å². The normalized spacial score (nSPS) is 12.7. The number of aromatic nitrogens is 4. The van der Waals surface area contributed by atoms with Crippen molar-refractivity contribution in [3.05, 3.63) is 165 Å². The van der Waals surface area contributed by atoms with Crippen LogP contribution in [0, 0.1) is 47.9 Å². The molecule has 0 saturated carbocycles. The molecule has 4 aromatic carbocycles. The van der Waals surface area contributed by atoms with Crippen molar-refractivity contribution in [1.29, 1.82) is 0 Å². The first-order chi connectivity index (χ1) is 37.4. The third-order valence-electron chi connectivity index (χ3n) is 15.3. The highest BCUT2D eigenvalue weighted by molar-refractivity contribution is 6.00. The molecule has 0 amide bonds. The van der Waals surface area contributed by atoms with Gasteiger partial charge in [-0.25, -0.2) is 9.97 Å². The number of nitrogens with zero attached hydrogens (tertiary/aromatic N) is 2. The second-order valence-electron chi connectivity index (χ2n) is 27.9. The summed E-state index contributed by atoms with van der Waals surface area (Å²) in [5, 5.41) is 0. The third kappa shape index (κ3) is 12.0. The zero-order valence-corrected chi connectivity index (χ0v) is 50.6. The summed E-state index contributed by atoms with van der Waals surface area (Å²) >= 11 is 0. The van der Waals surface area contributed by atoms with Gasteiger partial charge in [0.05, 0.1) is 22.8 Å². The van der Waals surface area contributed by atoms with E-state index in [9.17, 15) is 0 Å². The molecule has 0 aliphatic carbocycles. The smallest absolute Gasteiger partial charge is 0.0737 e. The lowest BCUT2D eigenvalue weighted by Gasteiger charge is -2.26. The van der Waals surface area contributed by atoms with Crippen molar-refractivity contribution >= 4 is 46.4 Å². The van der Waals surface area contributed by atoms with Crippen molar-refractivity contribution < 1.29 is 0 Å². The molecule has 2 aliphatic heterocycles. The summed E-state index contributed by atoms with van der Waals surface area (Å²) in [6, 6.07) is 38.7. The predicted molar refractivity (Wildman–Crippen MR) is 344 cm³/mol. The van der Waals surface area contributed by atoms with E-state index in [4.69, 9.17) is 16.4 Å². The van der Waals surface area contributed by atoms with Gasteiger partial charge in [-0.3, -0.25) is 0 Å². The standard InChI is InChI=1S/C76H78N4/c1-20-21-22-23-24-25-26-48-27-29-49(30-28-48)67-59-31-33-61(77-59)68(50-39-53(71(2,3)4)45-54(40-50)72(5,6)7)63-35-37-65(79-63)70(52-43-57(75(14,15)16)47-58(44-52)76(17,18)19)66-38-36-64(80-66)69(62-34-32-60(67)78-62)51-41-55(73(8,9)10)46-56(42-51)74(11,12)13/h1,27-47,77,80H,2-19H3. The lowest BCUT2D eigenvalue weighted by molar-refractivity contribution is 0.568. The van der Waals surface area contributed by atoms with Crippen molar-refractivity contribution in [2.24, 2.45) is 0 Å². The molecular weight excluding hydrogens is 969 g/mol. The van der Waals surface area contributed by atoms with Gasteiger partial charge in [0.1, 0.15) is 0 Å². The molecule has 4 nitrogen and oxygen atoms in total. The van der Waals surface area contributed by atoms with Crippen LogP contribution < -0.4 is 0 Å². The highest BCUT2D eigenvalue weighted by atomic mass is 14.8. The quantitative estimate of drug-likeness (QED) is 0.173. The van der Waals surface area contributed by atoms with Gasteiger partial charge in [-0.2, -0.15) is 0 Å². The average Bonchev–Trinajstić information content (AvgIpc) is 4.41. The Hall–Kier alpha value is -8.28. The van der Waals surface area contributed by atoms with Gasteiger partial charge in [-0.15, -0.1) is 6.42 Å². The van der Waals surface area contributed by atoms with Crippen molar-refractivity contribution in [1.82, 2.24) is 19.9 Å². The van der Waals surface area contributed by atoms with Crippen LogP contribution >= 0.6 is 0 Å². The topological polar surface area (TPSA) is 57.4 Å². The van der Waals surface area contributed by atoms with Crippen LogP contribution in [-0.2, 0) is 32.5 Å². The number of H-pyrrole nitrogens is 2. The molecule has 2 aliphatic rings. The highest BCUT2D eigenvalue weighted by Crippen LogP contribution is 2.44. The summed E-state index contributed by atoms with van der Waals surface area (Å²) in [6.07, 6.45) is 14.1. The molecule has 2 N–H and O–H groups in total. The van der Waals surface area contributed by atoms with E-state index in [1.807, 2.05) is 12.1 Å². The Labute approximate surface area is 478 Å². The average molecular weight is 1050 g/mol. The molecule has 4 heteroatoms. The van der Waals surface area contributed by atoms with Gasteiger partial charge in [-0.1, -0.05) is 197 Å². The van der Waals surface area contributed by atoms with Gasteiger partial charge in [0.2, 0.25) is 0 Å². The summed E-state index contributed by atoms with van der Waals surface area (Å²) in [7, 11) is 0. The summed E-state index contributed by atoms with van der Waals surface area (Å²) < 4.78 is 0. The number of fused-ring (bicyclic) bond motifs is 8. The van der Waals surface area contributed by atoms with E-state index in [2.05, 4.69) is 291 Å². The molecule has 7 aromatic rings. The number of benzene rings is 4. The Bertz CT molecular complexity index is 3940. The fourth-order valence-corrected chi connectivity index (χ4v) is 10.3. The number of hydrogen-bond acceptors (Lipinski definition) is 2. The van der Waals surface area contributed by atoms with Gasteiger partial charge in [0.25, 0.3) is 0 Å². The maximum Gasteiger partial charge on any atom is 0.0737 e. The van der Waals surface area contributed by atoms with Gasteiger partial charge in [0, 0.05) is 49.9 Å². The fraction of sp³-hybridized carbons (Fsp3) is 0.316. The highest BCUT2D eigenvalue weighted by Gasteiger charge is 2.28. The van der Waals surface area contributed by atoms with Crippen molar-refractivity contribution in [2.45, 2.75) is 157 Å². The molecule has 5 heterocycles. The van der Waals surface area contributed by atoms with Gasteiger partial charge < -0.3 is 9.97 Å². The number of nitrogens with one attached hydrogen (secondary N) is 2. The van der Waals surface area contributed by atoms with Crippen LogP contribution in [0.4, 0.5) is 0 Å². The van der Waals surface area contributed by atoms with Crippen LogP contribution in [-0.4, -0.2) is 19.9 Å². The summed E-state index contributed by atoms with van der Waals surface area (Å²) in [5.74, 6) is 19.1. The Balaban J connectivity index is 1.49. The molecular formula is C76H78N4. The number of aromatic amines is 2. The molecule has 0 fully saturated rings. The molecule has 0 saturated heterocycles. The lowest BCUT2D eigenvalue weighted by Crippen LogP contribution is -2.16. The fourth-order valence-electron chi connectivity index (χ4n) is 10.3. The molecule has 9 rings (SSSR count). The molecule has 0 spiro atoms. The number of terminal acetylenes is 1. The first-order valence-electron chi connectivity index (χ1n) is 28.1. The van der Waals surface area contributed by atoms with Crippen molar-refractivity contribution in [2.75, 3.05) is 0 Å². The second-order valence-corrected chi connectivity index (χ2v) is 27.9. The van der Waals surface area contributed by atoms with Crippen LogP contribution in [0.15, 0.2) is 103 Å². The Morgan fingerprint density at radius 3 is 0.850 bits per heavy atom. The van der Waals surface area contributed by atoms with Crippen LogP contribution in [0.25, 0.3) is 90.9 Å². The monoisotopic (exact) mass is 1050 g/mol. The SMILES string of the molecule is C#CC#CC#CC#Cc1ccc(-c2c3nc(c(-c4cc(C(C)(C)C)cc(C(C)(C)C)c4)c4ccc([nH]4)c(-c4cc(C(C)(C)C)cc(C(C)(C)C)c4)c4nc(c(-c5cc(C(C)(C)C)cc(C(C)(C)C)c5)c5ccc2[nH]5)C=C4)C=C3)cc1. The first kappa shape index (κ1) is 56.4. The van der Waals surface area contributed by atoms with Crippen LogP contribution in [0.3, 0.4) is 0 Å². The minimum atomic E-state index is -0.116. The predicted octanol–water partition coefficient (Wildman–Crippen LogP) is 19.1. The number of hydrogen-bond donors (Lipinski definition) is 2. The minimum absolute atomic E-state index is 0.111. The maximum absolute atomic E-state index is 5.81. The van der Waals surface area contributed by atoms with Gasteiger partial charge in [0.15, 0.2) is 0 Å². The summed E-state index contributed by atoms with van der Waals surface area (Å²) in [6.45, 7) is 41.4. The Morgan fingerprint density at radius 1 is 0.312 bits per heavy atom. The zero-order valence-electron chi connectivity index (χ0n) is 50.6. The van der Waals surface area contributed by atoms with Crippen molar-refractivity contribution in [3.8, 4) is 92.4 Å². The van der Waals surface area contributed by atoms with Gasteiger partial charge >= 0.3 is 0 Å². The second kappa shape index (κ2) is 20.7. The van der Waals surface area contributed by atoms with Crippen LogP contribution in [0.1, 0.15) is 186 Å². The van der Waals surface area contributed by atoms with E-state index in [1.54, 1.807) is 0 Å². The van der Waals surface area contributed by atoms with Crippen LogP contribution in [0.5, 0.6) is 0 Å².